The van der Waals surface area contributed by atoms with Gasteiger partial charge < -0.3 is 14.4 Å². The van der Waals surface area contributed by atoms with Gasteiger partial charge in [0.2, 0.25) is 5.65 Å². The molecule has 4 rings (SSSR count). The second-order valence-corrected chi connectivity index (χ2v) is 6.39. The number of ether oxygens (including phenoxy) is 2. The van der Waals surface area contributed by atoms with E-state index in [-0.39, 0.29) is 11.6 Å². The lowest BCUT2D eigenvalue weighted by Gasteiger charge is -2.24. The van der Waals surface area contributed by atoms with Crippen LogP contribution in [-0.4, -0.2) is 69.4 Å². The number of nitrogens with zero attached hydrogens (tertiary/aromatic N) is 4. The van der Waals surface area contributed by atoms with Crippen LogP contribution in [0.4, 0.5) is 0 Å². The summed E-state index contributed by atoms with van der Waals surface area (Å²) in [5.41, 5.74) is 1.07. The fourth-order valence-corrected chi connectivity index (χ4v) is 4.22. The maximum atomic E-state index is 13.1. The average molecular weight is 359 g/mol. The molecular weight excluding hydrogens is 342 g/mol. The number of methoxy groups -OCH3 is 2. The van der Waals surface area contributed by atoms with Crippen LogP contribution in [0.2, 0.25) is 0 Å². The largest absolute Gasteiger partial charge is 0.469 e. The van der Waals surface area contributed by atoms with Crippen LogP contribution in [0.3, 0.4) is 0 Å². The Morgan fingerprint density at radius 2 is 1.65 bits per heavy atom. The highest BCUT2D eigenvalue weighted by atomic mass is 16.5. The first-order valence-electron chi connectivity index (χ1n) is 8.22. The normalized spacial score (nSPS) is 26.9. The van der Waals surface area contributed by atoms with Gasteiger partial charge in [-0.15, -0.1) is 5.10 Å². The van der Waals surface area contributed by atoms with Gasteiger partial charge in [0.25, 0.3) is 5.91 Å². The molecule has 2 aromatic rings. The lowest BCUT2D eigenvalue weighted by molar-refractivity contribution is -0.157. The van der Waals surface area contributed by atoms with E-state index in [2.05, 4.69) is 20.4 Å². The zero-order valence-corrected chi connectivity index (χ0v) is 14.2. The lowest BCUT2D eigenvalue weighted by Crippen LogP contribution is -2.39. The van der Waals surface area contributed by atoms with Gasteiger partial charge in [-0.05, 0) is 25.0 Å². The van der Waals surface area contributed by atoms with Crippen LogP contribution in [-0.2, 0) is 19.1 Å². The van der Waals surface area contributed by atoms with Crippen LogP contribution in [0, 0.1) is 11.8 Å². The first kappa shape index (κ1) is 16.4. The van der Waals surface area contributed by atoms with Crippen LogP contribution >= 0.6 is 0 Å². The number of pyridine rings is 1. The van der Waals surface area contributed by atoms with Gasteiger partial charge in [0.1, 0.15) is 11.2 Å². The topological polar surface area (TPSA) is 127 Å². The number of carbonyl (C=O) groups excluding carboxylic acids is 3. The van der Waals surface area contributed by atoms with E-state index >= 15 is 0 Å². The standard InChI is InChI=1S/C16H17N5O5/c1-25-15(23)11-9-5-6-10(12(11)16(24)26-2)21(9)14(22)8-4-3-7-13(17-8)19-20-18-7/h3-4,9-12H,5-6H2,1-2H3,(H,17,18,19,20)/t9-,10+,11+,12-. The molecule has 2 aliphatic rings. The summed E-state index contributed by atoms with van der Waals surface area (Å²) in [6, 6.07) is 2.37. The minimum Gasteiger partial charge on any atom is -0.469 e. The second kappa shape index (κ2) is 6.04. The molecule has 1 N–H and O–H groups in total. The molecular formula is C16H17N5O5. The molecule has 0 radical (unpaired) electrons. The molecule has 1 amide bonds. The number of fused-ring (bicyclic) bond motifs is 3. The molecule has 4 atom stereocenters. The van der Waals surface area contributed by atoms with E-state index in [0.717, 1.165) is 0 Å². The summed E-state index contributed by atoms with van der Waals surface area (Å²) in [5.74, 6) is -2.82. The summed E-state index contributed by atoms with van der Waals surface area (Å²) in [6.07, 6.45) is 1.24. The number of H-pyrrole nitrogens is 1. The number of esters is 2. The molecule has 0 saturated carbocycles. The Labute approximate surface area is 147 Å². The molecule has 2 saturated heterocycles. The lowest BCUT2D eigenvalue weighted by atomic mass is 9.79. The van der Waals surface area contributed by atoms with Gasteiger partial charge in [-0.3, -0.25) is 14.4 Å². The predicted molar refractivity (Wildman–Crippen MR) is 85.7 cm³/mol. The Bertz CT molecular complexity index is 866. The molecule has 0 aromatic carbocycles. The number of aromatic nitrogens is 4. The van der Waals surface area contributed by atoms with Crippen LogP contribution < -0.4 is 0 Å². The molecule has 2 aromatic heterocycles. The fraction of sp³-hybridized carbons (Fsp3) is 0.500. The molecule has 2 aliphatic heterocycles. The minimum atomic E-state index is -0.731. The van der Waals surface area contributed by atoms with Gasteiger partial charge in [-0.1, -0.05) is 0 Å². The highest BCUT2D eigenvalue weighted by Crippen LogP contribution is 2.47. The first-order valence-corrected chi connectivity index (χ1v) is 8.22. The van der Waals surface area contributed by atoms with E-state index in [1.54, 1.807) is 17.0 Å². The predicted octanol–water partition coefficient (Wildman–Crippen LogP) is -0.0819. The van der Waals surface area contributed by atoms with E-state index in [0.29, 0.717) is 24.0 Å². The fourth-order valence-electron chi connectivity index (χ4n) is 4.22. The number of nitrogens with one attached hydrogen (secondary N) is 1. The zero-order chi connectivity index (χ0) is 18.4. The third-order valence-electron chi connectivity index (χ3n) is 5.27. The second-order valence-electron chi connectivity index (χ2n) is 6.39. The van der Waals surface area contributed by atoms with Crippen molar-refractivity contribution in [2.45, 2.75) is 24.9 Å². The van der Waals surface area contributed by atoms with Crippen LogP contribution in [0.15, 0.2) is 12.1 Å². The number of rotatable bonds is 3. The van der Waals surface area contributed by atoms with Crippen molar-refractivity contribution in [1.82, 2.24) is 25.3 Å². The maximum Gasteiger partial charge on any atom is 0.311 e. The number of aromatic amines is 1. The van der Waals surface area contributed by atoms with Gasteiger partial charge in [0.05, 0.1) is 26.1 Å². The summed E-state index contributed by atoms with van der Waals surface area (Å²) >= 11 is 0. The van der Waals surface area contributed by atoms with Gasteiger partial charge >= 0.3 is 11.9 Å². The number of amides is 1. The summed E-state index contributed by atoms with van der Waals surface area (Å²) in [5, 5.41) is 10.2. The third kappa shape index (κ3) is 2.25. The van der Waals surface area contributed by atoms with E-state index in [9.17, 15) is 14.4 Å². The van der Waals surface area contributed by atoms with Crippen molar-refractivity contribution in [3.05, 3.63) is 17.8 Å². The quantitative estimate of drug-likeness (QED) is 0.754. The van der Waals surface area contributed by atoms with Crippen molar-refractivity contribution in [3.8, 4) is 0 Å². The molecule has 10 nitrogen and oxygen atoms in total. The Hall–Kier alpha value is -3.04. The summed E-state index contributed by atoms with van der Waals surface area (Å²) in [7, 11) is 2.55. The van der Waals surface area contributed by atoms with Crippen molar-refractivity contribution in [2.75, 3.05) is 14.2 Å². The van der Waals surface area contributed by atoms with Gasteiger partial charge in [0.15, 0.2) is 0 Å². The van der Waals surface area contributed by atoms with E-state index in [4.69, 9.17) is 9.47 Å². The molecule has 0 unspecified atom stereocenters. The van der Waals surface area contributed by atoms with Gasteiger partial charge in [-0.2, -0.15) is 10.3 Å². The highest BCUT2D eigenvalue weighted by Gasteiger charge is 2.61. The Morgan fingerprint density at radius 3 is 2.23 bits per heavy atom. The van der Waals surface area contributed by atoms with Crippen LogP contribution in [0.25, 0.3) is 11.2 Å². The van der Waals surface area contributed by atoms with Crippen molar-refractivity contribution >= 4 is 29.0 Å². The van der Waals surface area contributed by atoms with Crippen molar-refractivity contribution in [3.63, 3.8) is 0 Å². The molecule has 2 bridgehead atoms. The maximum absolute atomic E-state index is 13.1. The molecule has 0 aliphatic carbocycles. The van der Waals surface area contributed by atoms with Crippen molar-refractivity contribution < 1.29 is 23.9 Å². The van der Waals surface area contributed by atoms with Gasteiger partial charge in [0, 0.05) is 12.1 Å². The monoisotopic (exact) mass is 359 g/mol. The number of hydrogen-bond donors (Lipinski definition) is 1. The number of hydrogen-bond acceptors (Lipinski definition) is 8. The van der Waals surface area contributed by atoms with E-state index in [1.165, 1.54) is 14.2 Å². The molecule has 0 spiro atoms. The Morgan fingerprint density at radius 1 is 1.04 bits per heavy atom. The average Bonchev–Trinajstić information content (AvgIpc) is 3.38. The smallest absolute Gasteiger partial charge is 0.311 e. The Kier molecular flexibility index (Phi) is 3.82. The molecule has 26 heavy (non-hydrogen) atoms. The van der Waals surface area contributed by atoms with Gasteiger partial charge in [-0.25, -0.2) is 4.98 Å². The SMILES string of the molecule is COC(=O)[C@@H]1[C@H](C(=O)OC)[C@@H]2CC[C@H]1N2C(=O)c1ccc2n[nH]nc2n1. The third-order valence-corrected chi connectivity index (χ3v) is 5.27. The summed E-state index contributed by atoms with van der Waals surface area (Å²) < 4.78 is 9.74. The molecule has 4 heterocycles. The summed E-state index contributed by atoms with van der Waals surface area (Å²) in [4.78, 5) is 43.4. The van der Waals surface area contributed by atoms with Crippen molar-refractivity contribution in [2.24, 2.45) is 11.8 Å². The van der Waals surface area contributed by atoms with Crippen LogP contribution in [0.1, 0.15) is 23.3 Å². The molecule has 10 heteroatoms. The van der Waals surface area contributed by atoms with E-state index in [1.807, 2.05) is 0 Å². The minimum absolute atomic E-state index is 0.192. The Balaban J connectivity index is 1.70. The first-order chi connectivity index (χ1) is 12.6. The summed E-state index contributed by atoms with van der Waals surface area (Å²) in [6.45, 7) is 0. The molecule has 2 fully saturated rings. The highest BCUT2D eigenvalue weighted by molar-refractivity contribution is 5.97. The zero-order valence-electron chi connectivity index (χ0n) is 14.2. The van der Waals surface area contributed by atoms with Crippen molar-refractivity contribution in [1.29, 1.82) is 0 Å². The number of carbonyl (C=O) groups is 3. The van der Waals surface area contributed by atoms with E-state index < -0.39 is 35.9 Å². The van der Waals surface area contributed by atoms with Crippen LogP contribution in [0.5, 0.6) is 0 Å². The molecule has 136 valence electrons.